The number of ether oxygens (including phenoxy) is 1. The zero-order valence-corrected chi connectivity index (χ0v) is 17.2. The summed E-state index contributed by atoms with van der Waals surface area (Å²) >= 11 is 0. The largest absolute Gasteiger partial charge is 0.490 e. The number of amides is 1. The highest BCUT2D eigenvalue weighted by Crippen LogP contribution is 2.26. The van der Waals surface area contributed by atoms with Crippen LogP contribution in [-0.2, 0) is 0 Å². The SMILES string of the molecule is [B]c1ccc(C(=O)Nc2cccc(-c3ccc(OC4CCN(C)CC4)cc3)c2)cc1. The van der Waals surface area contributed by atoms with E-state index in [1.165, 1.54) is 0 Å². The molecule has 2 radical (unpaired) electrons. The second-order valence-electron chi connectivity index (χ2n) is 7.80. The second kappa shape index (κ2) is 9.18. The van der Waals surface area contributed by atoms with Crippen molar-refractivity contribution in [2.24, 2.45) is 0 Å². The number of benzene rings is 3. The van der Waals surface area contributed by atoms with Crippen LogP contribution in [0.2, 0.25) is 0 Å². The van der Waals surface area contributed by atoms with Gasteiger partial charge in [0.05, 0.1) is 0 Å². The van der Waals surface area contributed by atoms with E-state index in [-0.39, 0.29) is 5.91 Å². The molecule has 3 aromatic carbocycles. The maximum absolute atomic E-state index is 12.5. The van der Waals surface area contributed by atoms with E-state index in [2.05, 4.69) is 29.4 Å². The Balaban J connectivity index is 1.41. The lowest BCUT2D eigenvalue weighted by Gasteiger charge is -2.29. The van der Waals surface area contributed by atoms with Gasteiger partial charge in [-0.2, -0.15) is 0 Å². The zero-order chi connectivity index (χ0) is 20.9. The molecule has 150 valence electrons. The van der Waals surface area contributed by atoms with Crippen molar-refractivity contribution in [3.8, 4) is 16.9 Å². The fraction of sp³-hybridized carbons (Fsp3) is 0.240. The molecular formula is C25H25BN2O2. The van der Waals surface area contributed by atoms with E-state index in [1.807, 2.05) is 36.4 Å². The van der Waals surface area contributed by atoms with Crippen molar-refractivity contribution in [1.29, 1.82) is 0 Å². The minimum Gasteiger partial charge on any atom is -0.490 e. The van der Waals surface area contributed by atoms with E-state index < -0.39 is 0 Å². The number of carbonyl (C=O) groups is 1. The molecule has 1 aliphatic heterocycles. The Morgan fingerprint density at radius 1 is 0.967 bits per heavy atom. The van der Waals surface area contributed by atoms with Crippen LogP contribution >= 0.6 is 0 Å². The van der Waals surface area contributed by atoms with Crippen LogP contribution in [0, 0.1) is 0 Å². The Morgan fingerprint density at radius 2 is 1.67 bits per heavy atom. The molecule has 0 aromatic heterocycles. The number of nitrogens with one attached hydrogen (secondary N) is 1. The first-order valence-electron chi connectivity index (χ1n) is 10.3. The molecule has 1 amide bonds. The number of carbonyl (C=O) groups excluding carboxylic acids is 1. The Bertz CT molecular complexity index is 994. The molecule has 1 heterocycles. The predicted molar refractivity (Wildman–Crippen MR) is 123 cm³/mol. The molecule has 5 heteroatoms. The number of piperidine rings is 1. The van der Waals surface area contributed by atoms with Gasteiger partial charge in [0.25, 0.3) is 5.91 Å². The normalized spacial score (nSPS) is 15.0. The van der Waals surface area contributed by atoms with Gasteiger partial charge < -0.3 is 15.0 Å². The van der Waals surface area contributed by atoms with Crippen molar-refractivity contribution < 1.29 is 9.53 Å². The van der Waals surface area contributed by atoms with Gasteiger partial charge in [-0.25, -0.2) is 0 Å². The summed E-state index contributed by atoms with van der Waals surface area (Å²) in [7, 11) is 7.84. The average molecular weight is 396 g/mol. The molecule has 1 N–H and O–H groups in total. The third-order valence-corrected chi connectivity index (χ3v) is 5.45. The summed E-state index contributed by atoms with van der Waals surface area (Å²) < 4.78 is 6.14. The highest BCUT2D eigenvalue weighted by atomic mass is 16.5. The Morgan fingerprint density at radius 3 is 2.37 bits per heavy atom. The Kier molecular flexibility index (Phi) is 6.19. The number of hydrogen-bond acceptors (Lipinski definition) is 3. The van der Waals surface area contributed by atoms with Crippen LogP contribution in [0.15, 0.2) is 72.8 Å². The molecule has 0 aliphatic carbocycles. The molecular weight excluding hydrogens is 371 g/mol. The van der Waals surface area contributed by atoms with Crippen LogP contribution in [0.25, 0.3) is 11.1 Å². The third-order valence-electron chi connectivity index (χ3n) is 5.45. The molecule has 0 bridgehead atoms. The molecule has 0 unspecified atom stereocenters. The summed E-state index contributed by atoms with van der Waals surface area (Å²) in [6, 6.07) is 22.9. The molecule has 3 aromatic rings. The minimum atomic E-state index is -0.158. The van der Waals surface area contributed by atoms with Crippen molar-refractivity contribution >= 4 is 24.9 Å². The lowest BCUT2D eigenvalue weighted by atomic mass is 9.95. The minimum absolute atomic E-state index is 0.158. The number of anilines is 1. The summed E-state index contributed by atoms with van der Waals surface area (Å²) in [6.07, 6.45) is 2.42. The van der Waals surface area contributed by atoms with E-state index in [0.717, 1.165) is 48.5 Å². The van der Waals surface area contributed by atoms with Crippen molar-refractivity contribution in [3.05, 3.63) is 78.4 Å². The van der Waals surface area contributed by atoms with E-state index in [0.29, 0.717) is 17.1 Å². The summed E-state index contributed by atoms with van der Waals surface area (Å²) in [6.45, 7) is 2.16. The van der Waals surface area contributed by atoms with Crippen LogP contribution < -0.4 is 15.5 Å². The lowest BCUT2D eigenvalue weighted by molar-refractivity contribution is 0.102. The number of nitrogens with zero attached hydrogens (tertiary/aromatic N) is 1. The van der Waals surface area contributed by atoms with Gasteiger partial charge in [-0.3, -0.25) is 4.79 Å². The lowest BCUT2D eigenvalue weighted by Crippen LogP contribution is -2.35. The second-order valence-corrected chi connectivity index (χ2v) is 7.80. The molecule has 1 aliphatic rings. The quantitative estimate of drug-likeness (QED) is 0.666. The van der Waals surface area contributed by atoms with Crippen LogP contribution in [0.1, 0.15) is 23.2 Å². The molecule has 1 saturated heterocycles. The molecule has 4 nitrogen and oxygen atoms in total. The van der Waals surface area contributed by atoms with Crippen molar-refractivity contribution in [2.45, 2.75) is 18.9 Å². The van der Waals surface area contributed by atoms with Gasteiger partial charge in [-0.15, -0.1) is 0 Å². The maximum atomic E-state index is 12.5. The van der Waals surface area contributed by atoms with E-state index in [1.54, 1.807) is 24.3 Å². The predicted octanol–water partition coefficient (Wildman–Crippen LogP) is 3.87. The average Bonchev–Trinajstić information content (AvgIpc) is 2.76. The van der Waals surface area contributed by atoms with E-state index in [4.69, 9.17) is 12.6 Å². The Labute approximate surface area is 179 Å². The van der Waals surface area contributed by atoms with Crippen LogP contribution in [0.5, 0.6) is 5.75 Å². The summed E-state index contributed by atoms with van der Waals surface area (Å²) in [5, 5.41) is 2.95. The zero-order valence-electron chi connectivity index (χ0n) is 17.2. The van der Waals surface area contributed by atoms with Gasteiger partial charge in [0.2, 0.25) is 0 Å². The topological polar surface area (TPSA) is 41.6 Å². The van der Waals surface area contributed by atoms with Gasteiger partial charge >= 0.3 is 0 Å². The monoisotopic (exact) mass is 396 g/mol. The van der Waals surface area contributed by atoms with Crippen molar-refractivity contribution in [1.82, 2.24) is 4.90 Å². The smallest absolute Gasteiger partial charge is 0.255 e. The summed E-state index contributed by atoms with van der Waals surface area (Å²) in [4.78, 5) is 14.8. The van der Waals surface area contributed by atoms with Gasteiger partial charge in [-0.1, -0.05) is 54.0 Å². The summed E-state index contributed by atoms with van der Waals surface area (Å²) in [5.41, 5.74) is 4.08. The van der Waals surface area contributed by atoms with Crippen LogP contribution in [0.3, 0.4) is 0 Å². The molecule has 4 rings (SSSR count). The van der Waals surface area contributed by atoms with Crippen LogP contribution in [-0.4, -0.2) is 44.9 Å². The maximum Gasteiger partial charge on any atom is 0.255 e. The highest BCUT2D eigenvalue weighted by molar-refractivity contribution is 6.32. The number of likely N-dealkylation sites (tertiary alicyclic amines) is 1. The molecule has 0 spiro atoms. The fourth-order valence-corrected chi connectivity index (χ4v) is 3.64. The first-order chi connectivity index (χ1) is 14.6. The first-order valence-corrected chi connectivity index (χ1v) is 10.3. The number of hydrogen-bond donors (Lipinski definition) is 1. The fourth-order valence-electron chi connectivity index (χ4n) is 3.64. The van der Waals surface area contributed by atoms with E-state index >= 15 is 0 Å². The molecule has 0 saturated carbocycles. The molecule has 1 fully saturated rings. The van der Waals surface area contributed by atoms with Crippen molar-refractivity contribution in [2.75, 3.05) is 25.5 Å². The number of rotatable bonds is 5. The van der Waals surface area contributed by atoms with Gasteiger partial charge in [0.15, 0.2) is 0 Å². The third kappa shape index (κ3) is 5.11. The van der Waals surface area contributed by atoms with Gasteiger partial charge in [-0.05, 0) is 55.3 Å². The van der Waals surface area contributed by atoms with Crippen LogP contribution in [0.4, 0.5) is 5.69 Å². The van der Waals surface area contributed by atoms with E-state index in [9.17, 15) is 4.79 Å². The standard InChI is InChI=1S/C25H25BN2O2/c1-28-15-13-24(14-16-28)30-23-11-7-18(8-12-23)20-3-2-4-22(17-20)27-25(29)19-5-9-21(26)10-6-19/h2-12,17,24H,13-16H2,1H3,(H,27,29). The van der Waals surface area contributed by atoms with Crippen molar-refractivity contribution in [3.63, 3.8) is 0 Å². The van der Waals surface area contributed by atoms with Gasteiger partial charge in [0.1, 0.15) is 19.7 Å². The molecule has 30 heavy (non-hydrogen) atoms. The Hall–Kier alpha value is -3.05. The highest BCUT2D eigenvalue weighted by Gasteiger charge is 2.17. The van der Waals surface area contributed by atoms with Gasteiger partial charge in [0, 0.05) is 24.3 Å². The molecule has 0 atom stereocenters. The summed E-state index contributed by atoms with van der Waals surface area (Å²) in [5.74, 6) is 0.745. The first kappa shape index (κ1) is 20.2.